The van der Waals surface area contributed by atoms with Gasteiger partial charge in [-0.1, -0.05) is 0 Å². The van der Waals surface area contributed by atoms with Crippen molar-refractivity contribution in [3.05, 3.63) is 29.6 Å². The first-order valence-electron chi connectivity index (χ1n) is 9.24. The van der Waals surface area contributed by atoms with E-state index in [0.717, 1.165) is 4.90 Å². The molecule has 150 valence electrons. The van der Waals surface area contributed by atoms with Crippen LogP contribution in [-0.4, -0.2) is 60.1 Å². The number of anilines is 1. The number of hydrogen-bond donors (Lipinski definition) is 3. The van der Waals surface area contributed by atoms with Crippen molar-refractivity contribution in [3.8, 4) is 0 Å². The second-order valence-electron chi connectivity index (χ2n) is 7.54. The molecule has 2 fully saturated rings. The summed E-state index contributed by atoms with van der Waals surface area (Å²) in [6, 6.07) is 3.04. The van der Waals surface area contributed by atoms with Crippen LogP contribution in [-0.2, 0) is 24.7 Å². The van der Waals surface area contributed by atoms with Crippen LogP contribution in [0.4, 0.5) is 10.1 Å². The van der Waals surface area contributed by atoms with E-state index in [-0.39, 0.29) is 12.1 Å². The molecule has 3 heterocycles. The summed E-state index contributed by atoms with van der Waals surface area (Å²) in [4.78, 5) is 40.4. The second kappa shape index (κ2) is 6.61. The average molecular weight is 391 g/mol. The molecule has 1 spiro atoms. The first kappa shape index (κ1) is 19.0. The lowest BCUT2D eigenvalue weighted by Crippen LogP contribution is -2.54. The largest absolute Gasteiger partial charge is 0.392 e. The molecule has 0 bridgehead atoms. The number of ether oxygens (including phenoxy) is 1. The van der Waals surface area contributed by atoms with E-state index in [2.05, 4.69) is 10.6 Å². The maximum absolute atomic E-state index is 14.0. The van der Waals surface area contributed by atoms with Gasteiger partial charge in [-0.3, -0.25) is 24.6 Å². The third-order valence-electron chi connectivity index (χ3n) is 5.95. The zero-order valence-electron chi connectivity index (χ0n) is 15.6. The second-order valence-corrected chi connectivity index (χ2v) is 7.54. The molecule has 0 radical (unpaired) electrons. The highest BCUT2D eigenvalue weighted by Crippen LogP contribution is 2.53. The van der Waals surface area contributed by atoms with Gasteiger partial charge in [0.05, 0.1) is 17.9 Å². The van der Waals surface area contributed by atoms with Crippen molar-refractivity contribution >= 4 is 23.4 Å². The van der Waals surface area contributed by atoms with Crippen molar-refractivity contribution in [2.45, 2.75) is 31.0 Å². The molecule has 3 amide bonds. The smallest absolute Gasteiger partial charge is 0.250 e. The fourth-order valence-electron chi connectivity index (χ4n) is 4.77. The van der Waals surface area contributed by atoms with Gasteiger partial charge >= 0.3 is 0 Å². The van der Waals surface area contributed by atoms with Crippen LogP contribution in [0.5, 0.6) is 0 Å². The topological polar surface area (TPSA) is 108 Å². The van der Waals surface area contributed by atoms with Gasteiger partial charge in [0.2, 0.25) is 17.7 Å². The molecule has 0 aliphatic carbocycles. The Kier molecular flexibility index (Phi) is 4.48. The van der Waals surface area contributed by atoms with E-state index >= 15 is 0 Å². The Morgan fingerprint density at radius 1 is 1.32 bits per heavy atom. The quantitative estimate of drug-likeness (QED) is 0.480. The van der Waals surface area contributed by atoms with Crippen LogP contribution >= 0.6 is 0 Å². The highest BCUT2D eigenvalue weighted by atomic mass is 19.1. The van der Waals surface area contributed by atoms with E-state index in [1.54, 1.807) is 0 Å². The summed E-state index contributed by atoms with van der Waals surface area (Å²) in [6.45, 7) is 2.04. The fourth-order valence-corrected chi connectivity index (χ4v) is 4.77. The number of halogens is 1. The molecule has 1 aromatic rings. The number of aliphatic hydroxyl groups is 1. The first-order chi connectivity index (χ1) is 13.3. The molecule has 3 aliphatic heterocycles. The van der Waals surface area contributed by atoms with Crippen molar-refractivity contribution < 1.29 is 28.6 Å². The van der Waals surface area contributed by atoms with Crippen molar-refractivity contribution in [1.82, 2.24) is 10.2 Å². The Morgan fingerprint density at radius 3 is 2.75 bits per heavy atom. The summed E-state index contributed by atoms with van der Waals surface area (Å²) in [5.74, 6) is -3.96. The normalized spacial score (nSPS) is 32.1. The fraction of sp³-hybridized carbons (Fsp3) is 0.526. The number of imide groups is 1. The molecular weight excluding hydrogens is 369 g/mol. The summed E-state index contributed by atoms with van der Waals surface area (Å²) < 4.78 is 19.0. The third-order valence-corrected chi connectivity index (χ3v) is 5.95. The minimum absolute atomic E-state index is 0.165. The van der Waals surface area contributed by atoms with Gasteiger partial charge in [0.1, 0.15) is 11.4 Å². The third kappa shape index (κ3) is 2.43. The number of rotatable bonds is 5. The lowest BCUT2D eigenvalue weighted by molar-refractivity contribution is -0.143. The minimum atomic E-state index is -1.59. The van der Waals surface area contributed by atoms with E-state index in [4.69, 9.17) is 4.74 Å². The predicted octanol–water partition coefficient (Wildman–Crippen LogP) is -0.0366. The summed E-state index contributed by atoms with van der Waals surface area (Å²) in [7, 11) is 1.53. The van der Waals surface area contributed by atoms with Gasteiger partial charge in [0.25, 0.3) is 0 Å². The number of amides is 3. The summed E-state index contributed by atoms with van der Waals surface area (Å²) in [5.41, 5.74) is -0.913. The van der Waals surface area contributed by atoms with E-state index in [1.165, 1.54) is 32.2 Å². The Labute approximate surface area is 161 Å². The van der Waals surface area contributed by atoms with Gasteiger partial charge in [-0.25, -0.2) is 4.39 Å². The molecule has 0 aromatic heterocycles. The van der Waals surface area contributed by atoms with Gasteiger partial charge in [-0.15, -0.1) is 0 Å². The number of methoxy groups -OCH3 is 1. The minimum Gasteiger partial charge on any atom is -0.392 e. The van der Waals surface area contributed by atoms with Crippen LogP contribution in [0, 0.1) is 17.7 Å². The molecule has 1 aromatic carbocycles. The number of likely N-dealkylation sites (tertiary alicyclic amines) is 1. The Morgan fingerprint density at radius 2 is 2.07 bits per heavy atom. The van der Waals surface area contributed by atoms with Crippen molar-refractivity contribution in [3.63, 3.8) is 0 Å². The molecule has 3 aliphatic rings. The van der Waals surface area contributed by atoms with Gasteiger partial charge in [0, 0.05) is 37.6 Å². The Bertz CT molecular complexity index is 860. The Balaban J connectivity index is 1.81. The van der Waals surface area contributed by atoms with Crippen LogP contribution < -0.4 is 10.6 Å². The number of carbonyl (C=O) groups is 3. The number of aliphatic hydroxyl groups excluding tert-OH is 1. The molecule has 4 rings (SSSR count). The van der Waals surface area contributed by atoms with Gasteiger partial charge in [-0.2, -0.15) is 0 Å². The SMILES string of the molecule is COCCCN1C(=O)[C@@H]2[C@H]([C@H](C)O)N[C@]3(C(=O)Nc4ccc(F)cc43)[C@H]2C1=O. The van der Waals surface area contributed by atoms with E-state index in [1.807, 2.05) is 0 Å². The zero-order chi connectivity index (χ0) is 20.2. The average Bonchev–Trinajstić information content (AvgIpc) is 3.23. The molecule has 3 N–H and O–H groups in total. The van der Waals surface area contributed by atoms with E-state index in [9.17, 15) is 23.9 Å². The molecule has 0 saturated carbocycles. The highest BCUT2D eigenvalue weighted by molar-refractivity contribution is 6.15. The summed E-state index contributed by atoms with van der Waals surface area (Å²) in [5, 5.41) is 16.0. The summed E-state index contributed by atoms with van der Waals surface area (Å²) >= 11 is 0. The van der Waals surface area contributed by atoms with Gasteiger partial charge < -0.3 is 15.2 Å². The van der Waals surface area contributed by atoms with E-state index < -0.39 is 53.1 Å². The van der Waals surface area contributed by atoms with Gasteiger partial charge in [0.15, 0.2) is 0 Å². The monoisotopic (exact) mass is 391 g/mol. The van der Waals surface area contributed by atoms with Gasteiger partial charge in [-0.05, 0) is 31.5 Å². The number of nitrogens with one attached hydrogen (secondary N) is 2. The standard InChI is InChI=1S/C19H22FN3O5/c1-9(24)15-13-14(17(26)23(16(13)25)6-3-7-28-2)19(22-15)11-8-10(20)4-5-12(11)21-18(19)27/h4-5,8-9,13-15,22,24H,3,6-7H2,1-2H3,(H,21,27)/t9-,13-,14+,15-,19-/m0/s1. The maximum Gasteiger partial charge on any atom is 0.250 e. The van der Waals surface area contributed by atoms with Crippen molar-refractivity contribution in [2.75, 3.05) is 25.6 Å². The maximum atomic E-state index is 14.0. The zero-order valence-corrected chi connectivity index (χ0v) is 15.6. The van der Waals surface area contributed by atoms with Crippen LogP contribution in [0.15, 0.2) is 18.2 Å². The molecule has 0 unspecified atom stereocenters. The lowest BCUT2D eigenvalue weighted by Gasteiger charge is -2.30. The first-order valence-corrected chi connectivity index (χ1v) is 9.24. The van der Waals surface area contributed by atoms with Crippen LogP contribution in [0.3, 0.4) is 0 Å². The molecule has 28 heavy (non-hydrogen) atoms. The van der Waals surface area contributed by atoms with Crippen molar-refractivity contribution in [1.29, 1.82) is 0 Å². The number of carbonyl (C=O) groups excluding carboxylic acids is 3. The van der Waals surface area contributed by atoms with Crippen LogP contribution in [0.2, 0.25) is 0 Å². The lowest BCUT2D eigenvalue weighted by atomic mass is 9.76. The van der Waals surface area contributed by atoms with Crippen molar-refractivity contribution in [2.24, 2.45) is 11.8 Å². The number of nitrogens with zero attached hydrogens (tertiary/aromatic N) is 1. The number of benzene rings is 1. The van der Waals surface area contributed by atoms with E-state index in [0.29, 0.717) is 18.7 Å². The Hall–Kier alpha value is -2.36. The number of hydrogen-bond acceptors (Lipinski definition) is 6. The number of fused-ring (bicyclic) bond motifs is 4. The predicted molar refractivity (Wildman–Crippen MR) is 95.5 cm³/mol. The molecular formula is C19H22FN3O5. The van der Waals surface area contributed by atoms with Crippen LogP contribution in [0.25, 0.3) is 0 Å². The van der Waals surface area contributed by atoms with Crippen LogP contribution in [0.1, 0.15) is 18.9 Å². The molecule has 8 nitrogen and oxygen atoms in total. The molecule has 5 atom stereocenters. The molecule has 9 heteroatoms. The highest BCUT2D eigenvalue weighted by Gasteiger charge is 2.71. The summed E-state index contributed by atoms with van der Waals surface area (Å²) in [6.07, 6.45) is -0.530. The molecule has 2 saturated heterocycles.